The maximum absolute atomic E-state index is 13.5. The summed E-state index contributed by atoms with van der Waals surface area (Å²) in [7, 11) is 0. The van der Waals surface area contributed by atoms with Crippen LogP contribution in [0.25, 0.3) is 0 Å². The van der Waals surface area contributed by atoms with Crippen molar-refractivity contribution < 1.29 is 36.6 Å². The van der Waals surface area contributed by atoms with Crippen LogP contribution < -0.4 is 10.1 Å². The fourth-order valence-electron chi connectivity index (χ4n) is 1.95. The number of para-hydroxylation sites is 2. The number of alkyl halides is 2. The van der Waals surface area contributed by atoms with E-state index < -0.39 is 47.7 Å². The Kier molecular flexibility index (Phi) is 6.16. The van der Waals surface area contributed by atoms with Gasteiger partial charge in [-0.2, -0.15) is 8.78 Å². The third-order valence-electron chi connectivity index (χ3n) is 3.19. The van der Waals surface area contributed by atoms with Crippen LogP contribution in [0.2, 0.25) is 0 Å². The van der Waals surface area contributed by atoms with Crippen LogP contribution in [-0.4, -0.2) is 24.6 Å². The second-order valence-corrected chi connectivity index (χ2v) is 5.01. The van der Waals surface area contributed by atoms with Crippen molar-refractivity contribution in [1.82, 2.24) is 0 Å². The first-order chi connectivity index (χ1) is 12.3. The van der Waals surface area contributed by atoms with Gasteiger partial charge in [0.25, 0.3) is 5.91 Å². The summed E-state index contributed by atoms with van der Waals surface area (Å²) in [4.78, 5) is 24.0. The fraction of sp³-hybridized carbons (Fsp3) is 0.176. The van der Waals surface area contributed by atoms with Crippen LogP contribution >= 0.6 is 0 Å². The Hall–Kier alpha value is -3.10. The predicted octanol–water partition coefficient (Wildman–Crippen LogP) is 3.75. The predicted molar refractivity (Wildman–Crippen MR) is 82.9 cm³/mol. The topological polar surface area (TPSA) is 64.6 Å². The van der Waals surface area contributed by atoms with E-state index in [1.165, 1.54) is 18.2 Å². The van der Waals surface area contributed by atoms with Gasteiger partial charge in [-0.05, 0) is 31.2 Å². The Morgan fingerprint density at radius 2 is 1.62 bits per heavy atom. The van der Waals surface area contributed by atoms with Gasteiger partial charge in [0.15, 0.2) is 6.10 Å². The molecule has 0 saturated heterocycles. The lowest BCUT2D eigenvalue weighted by molar-refractivity contribution is -0.123. The summed E-state index contributed by atoms with van der Waals surface area (Å²) in [6.07, 6.45) is -1.46. The molecule has 0 aliphatic rings. The quantitative estimate of drug-likeness (QED) is 0.621. The zero-order valence-corrected chi connectivity index (χ0v) is 13.3. The minimum absolute atomic E-state index is 0.329. The monoisotopic (exact) mass is 371 g/mol. The summed E-state index contributed by atoms with van der Waals surface area (Å²) < 4.78 is 60.8. The minimum Gasteiger partial charge on any atom is -0.449 e. The number of esters is 1. The van der Waals surface area contributed by atoms with Crippen LogP contribution in [0.4, 0.5) is 23.2 Å². The Morgan fingerprint density at radius 3 is 2.23 bits per heavy atom. The van der Waals surface area contributed by atoms with E-state index in [-0.39, 0.29) is 5.56 Å². The molecule has 2 aromatic rings. The van der Waals surface area contributed by atoms with Gasteiger partial charge in [-0.3, -0.25) is 4.79 Å². The molecule has 0 bridgehead atoms. The summed E-state index contributed by atoms with van der Waals surface area (Å²) in [6.45, 7) is -2.00. The number of rotatable bonds is 6. The minimum atomic E-state index is -3.16. The number of benzene rings is 2. The molecule has 9 heteroatoms. The highest BCUT2D eigenvalue weighted by atomic mass is 19.3. The van der Waals surface area contributed by atoms with Gasteiger partial charge < -0.3 is 14.8 Å². The molecule has 0 spiro atoms. The van der Waals surface area contributed by atoms with Gasteiger partial charge in [0.2, 0.25) is 0 Å². The molecule has 0 unspecified atom stereocenters. The Bertz CT molecular complexity index is 793. The number of carbonyl (C=O) groups is 2. The van der Waals surface area contributed by atoms with E-state index in [0.717, 1.165) is 31.2 Å². The molecular formula is C17H13F4NO4. The van der Waals surface area contributed by atoms with E-state index in [2.05, 4.69) is 4.74 Å². The summed E-state index contributed by atoms with van der Waals surface area (Å²) in [5.74, 6) is -4.56. The van der Waals surface area contributed by atoms with E-state index in [0.29, 0.717) is 0 Å². The number of ether oxygens (including phenoxy) is 2. The van der Waals surface area contributed by atoms with Crippen molar-refractivity contribution >= 4 is 17.6 Å². The standard InChI is InChI=1S/C17H13F4NO4/c1-9(15(23)22-14-11(18)6-4-7-12(14)19)25-16(24)10-5-2-3-8-13(10)26-17(20)21/h2-9,17H,1H3,(H,22,23)/t9-/m1/s1. The molecule has 1 N–H and O–H groups in total. The van der Waals surface area contributed by atoms with Crippen LogP contribution in [0.3, 0.4) is 0 Å². The van der Waals surface area contributed by atoms with Gasteiger partial charge in [-0.1, -0.05) is 18.2 Å². The largest absolute Gasteiger partial charge is 0.449 e. The zero-order chi connectivity index (χ0) is 19.3. The molecule has 138 valence electrons. The van der Waals surface area contributed by atoms with E-state index in [1.807, 2.05) is 5.32 Å². The smallest absolute Gasteiger partial charge is 0.387 e. The van der Waals surface area contributed by atoms with Crippen LogP contribution in [0, 0.1) is 11.6 Å². The molecule has 0 fully saturated rings. The second-order valence-electron chi connectivity index (χ2n) is 5.01. The van der Waals surface area contributed by atoms with Crippen molar-refractivity contribution in [2.75, 3.05) is 5.32 Å². The van der Waals surface area contributed by atoms with Crippen LogP contribution in [-0.2, 0) is 9.53 Å². The second kappa shape index (κ2) is 8.32. The highest BCUT2D eigenvalue weighted by molar-refractivity contribution is 5.98. The normalized spacial score (nSPS) is 11.8. The van der Waals surface area contributed by atoms with Gasteiger partial charge >= 0.3 is 12.6 Å². The molecule has 0 radical (unpaired) electrons. The number of hydrogen-bond acceptors (Lipinski definition) is 4. The lowest BCUT2D eigenvalue weighted by Crippen LogP contribution is -2.30. The molecule has 0 saturated carbocycles. The van der Waals surface area contributed by atoms with Gasteiger partial charge in [0.1, 0.15) is 28.6 Å². The molecular weight excluding hydrogens is 358 g/mol. The summed E-state index contributed by atoms with van der Waals surface area (Å²) >= 11 is 0. The Labute approximate surface area is 145 Å². The zero-order valence-electron chi connectivity index (χ0n) is 13.3. The molecule has 2 rings (SSSR count). The maximum Gasteiger partial charge on any atom is 0.387 e. The van der Waals surface area contributed by atoms with Gasteiger partial charge in [-0.25, -0.2) is 13.6 Å². The average molecular weight is 371 g/mol. The number of anilines is 1. The maximum atomic E-state index is 13.5. The number of nitrogens with one attached hydrogen (secondary N) is 1. The molecule has 26 heavy (non-hydrogen) atoms. The SMILES string of the molecule is C[C@@H](OC(=O)c1ccccc1OC(F)F)C(=O)Nc1c(F)cccc1F. The fourth-order valence-corrected chi connectivity index (χ4v) is 1.95. The molecule has 1 amide bonds. The van der Waals surface area contributed by atoms with E-state index in [9.17, 15) is 27.2 Å². The number of amides is 1. The molecule has 2 aromatic carbocycles. The molecule has 0 aliphatic heterocycles. The summed E-state index contributed by atoms with van der Waals surface area (Å²) in [6, 6.07) is 8.04. The van der Waals surface area contributed by atoms with Crippen molar-refractivity contribution in [2.45, 2.75) is 19.6 Å². The van der Waals surface area contributed by atoms with Crippen LogP contribution in [0.15, 0.2) is 42.5 Å². The van der Waals surface area contributed by atoms with E-state index in [4.69, 9.17) is 4.74 Å². The Balaban J connectivity index is 2.08. The highest BCUT2D eigenvalue weighted by Crippen LogP contribution is 2.22. The third kappa shape index (κ3) is 4.71. The van der Waals surface area contributed by atoms with Crippen molar-refractivity contribution in [1.29, 1.82) is 0 Å². The summed E-state index contributed by atoms with van der Waals surface area (Å²) in [5.41, 5.74) is -1.02. The van der Waals surface area contributed by atoms with Crippen molar-refractivity contribution in [3.63, 3.8) is 0 Å². The van der Waals surface area contributed by atoms with Gasteiger partial charge in [0.05, 0.1) is 0 Å². The number of carbonyl (C=O) groups excluding carboxylic acids is 2. The molecule has 0 aliphatic carbocycles. The highest BCUT2D eigenvalue weighted by Gasteiger charge is 2.24. The molecule has 0 heterocycles. The lowest BCUT2D eigenvalue weighted by atomic mass is 10.2. The molecule has 0 aromatic heterocycles. The van der Waals surface area contributed by atoms with Gasteiger partial charge in [-0.15, -0.1) is 0 Å². The van der Waals surface area contributed by atoms with E-state index in [1.54, 1.807) is 0 Å². The van der Waals surface area contributed by atoms with Gasteiger partial charge in [0, 0.05) is 0 Å². The van der Waals surface area contributed by atoms with Crippen molar-refractivity contribution in [3.05, 3.63) is 59.7 Å². The number of hydrogen-bond donors (Lipinski definition) is 1. The Morgan fingerprint density at radius 1 is 1.00 bits per heavy atom. The van der Waals surface area contributed by atoms with Crippen molar-refractivity contribution in [3.8, 4) is 5.75 Å². The first-order valence-electron chi connectivity index (χ1n) is 7.29. The molecule has 1 atom stereocenters. The third-order valence-corrected chi connectivity index (χ3v) is 3.19. The van der Waals surface area contributed by atoms with Crippen LogP contribution in [0.1, 0.15) is 17.3 Å². The first kappa shape index (κ1) is 19.2. The first-order valence-corrected chi connectivity index (χ1v) is 7.29. The van der Waals surface area contributed by atoms with Crippen LogP contribution in [0.5, 0.6) is 5.75 Å². The molecule has 5 nitrogen and oxygen atoms in total. The lowest BCUT2D eigenvalue weighted by Gasteiger charge is -2.15. The summed E-state index contributed by atoms with van der Waals surface area (Å²) in [5, 5.41) is 1.96. The van der Waals surface area contributed by atoms with E-state index >= 15 is 0 Å². The number of halogens is 4. The average Bonchev–Trinajstić information content (AvgIpc) is 2.58. The van der Waals surface area contributed by atoms with Crippen molar-refractivity contribution in [2.24, 2.45) is 0 Å².